The van der Waals surface area contributed by atoms with Crippen molar-refractivity contribution in [2.24, 2.45) is 5.73 Å². The zero-order chi connectivity index (χ0) is 11.6. The summed E-state index contributed by atoms with van der Waals surface area (Å²) in [6.45, 7) is 5.29. The van der Waals surface area contributed by atoms with E-state index in [-0.39, 0.29) is 11.5 Å². The minimum Gasteiger partial charge on any atom is -0.442 e. The first-order valence-corrected chi connectivity index (χ1v) is 4.43. The Balaban J connectivity index is 2.79. The second kappa shape index (κ2) is 3.72. The molecule has 0 bridgehead atoms. The van der Waals surface area contributed by atoms with Gasteiger partial charge in [-0.15, -0.1) is 0 Å². The molecule has 6 heteroatoms. The van der Waals surface area contributed by atoms with Gasteiger partial charge in [-0.25, -0.2) is 4.79 Å². The van der Waals surface area contributed by atoms with Gasteiger partial charge in [-0.2, -0.15) is 9.78 Å². The van der Waals surface area contributed by atoms with Crippen molar-refractivity contribution < 1.29 is 9.53 Å². The lowest BCUT2D eigenvalue weighted by molar-refractivity contribution is 0.0514. The largest absolute Gasteiger partial charge is 0.442 e. The Kier molecular flexibility index (Phi) is 2.78. The van der Waals surface area contributed by atoms with E-state index < -0.39 is 11.7 Å². The van der Waals surface area contributed by atoms with Crippen molar-refractivity contribution >= 4 is 11.9 Å². The standard InChI is InChI=1S/C9H14N4O2/c1-9(2,3)15-8(14)13-5-4-6(12-13)7(10)11/h4-5H,1-3H3,(H3,10,11). The van der Waals surface area contributed by atoms with Crippen LogP contribution in [0.15, 0.2) is 12.3 Å². The molecule has 1 heterocycles. The van der Waals surface area contributed by atoms with Gasteiger partial charge in [0.15, 0.2) is 0 Å². The molecule has 0 saturated carbocycles. The molecule has 6 nitrogen and oxygen atoms in total. The smallest absolute Gasteiger partial charge is 0.435 e. The SMILES string of the molecule is CC(C)(C)OC(=O)n1ccc(C(=N)N)n1. The van der Waals surface area contributed by atoms with Crippen LogP contribution in [0, 0.1) is 5.41 Å². The van der Waals surface area contributed by atoms with E-state index in [1.54, 1.807) is 20.8 Å². The lowest BCUT2D eigenvalue weighted by Crippen LogP contribution is -2.27. The molecule has 1 aromatic rings. The molecule has 0 fully saturated rings. The highest BCUT2D eigenvalue weighted by atomic mass is 16.6. The molecular weight excluding hydrogens is 196 g/mol. The first-order chi connectivity index (χ1) is 6.79. The molecule has 15 heavy (non-hydrogen) atoms. The van der Waals surface area contributed by atoms with Crippen molar-refractivity contribution in [3.63, 3.8) is 0 Å². The Bertz CT molecular complexity index is 389. The number of carbonyl (C=O) groups excluding carboxylic acids is 1. The monoisotopic (exact) mass is 210 g/mol. The summed E-state index contributed by atoms with van der Waals surface area (Å²) in [6.07, 6.45) is 0.820. The molecule has 0 saturated heterocycles. The molecule has 0 aromatic carbocycles. The second-order valence-corrected chi connectivity index (χ2v) is 4.04. The van der Waals surface area contributed by atoms with E-state index in [0.717, 1.165) is 4.68 Å². The van der Waals surface area contributed by atoms with Crippen molar-refractivity contribution in [3.8, 4) is 0 Å². The summed E-state index contributed by atoms with van der Waals surface area (Å²) in [5, 5.41) is 10.9. The fourth-order valence-electron chi connectivity index (χ4n) is 0.878. The lowest BCUT2D eigenvalue weighted by atomic mass is 10.2. The van der Waals surface area contributed by atoms with Gasteiger partial charge in [-0.3, -0.25) is 5.41 Å². The minimum absolute atomic E-state index is 0.183. The van der Waals surface area contributed by atoms with Crippen LogP contribution in [0.3, 0.4) is 0 Å². The lowest BCUT2D eigenvalue weighted by Gasteiger charge is -2.18. The third kappa shape index (κ3) is 3.08. The summed E-state index contributed by atoms with van der Waals surface area (Å²) < 4.78 is 6.08. The van der Waals surface area contributed by atoms with Gasteiger partial charge in [0.05, 0.1) is 0 Å². The van der Waals surface area contributed by atoms with Crippen LogP contribution < -0.4 is 5.73 Å². The van der Waals surface area contributed by atoms with Crippen LogP contribution in [0.25, 0.3) is 0 Å². The van der Waals surface area contributed by atoms with E-state index >= 15 is 0 Å². The summed E-state index contributed by atoms with van der Waals surface area (Å²) in [4.78, 5) is 11.5. The molecule has 0 aliphatic rings. The Morgan fingerprint density at radius 3 is 2.60 bits per heavy atom. The predicted molar refractivity (Wildman–Crippen MR) is 54.9 cm³/mol. The zero-order valence-corrected chi connectivity index (χ0v) is 8.94. The Morgan fingerprint density at radius 2 is 2.20 bits per heavy atom. The van der Waals surface area contributed by atoms with Gasteiger partial charge in [-0.05, 0) is 26.8 Å². The zero-order valence-electron chi connectivity index (χ0n) is 8.94. The number of nitrogens with two attached hydrogens (primary N) is 1. The number of ether oxygens (including phenoxy) is 1. The molecule has 0 spiro atoms. The van der Waals surface area contributed by atoms with Crippen LogP contribution >= 0.6 is 0 Å². The molecule has 3 N–H and O–H groups in total. The van der Waals surface area contributed by atoms with Gasteiger partial charge in [-0.1, -0.05) is 0 Å². The number of hydrogen-bond donors (Lipinski definition) is 2. The van der Waals surface area contributed by atoms with Crippen molar-refractivity contribution in [1.29, 1.82) is 5.41 Å². The number of nitrogen functional groups attached to an aromatic ring is 1. The van der Waals surface area contributed by atoms with Crippen LogP contribution in [0.1, 0.15) is 26.5 Å². The normalized spacial score (nSPS) is 11.1. The number of amidine groups is 1. The Morgan fingerprint density at radius 1 is 1.60 bits per heavy atom. The molecule has 0 unspecified atom stereocenters. The van der Waals surface area contributed by atoms with E-state index in [2.05, 4.69) is 5.10 Å². The number of aromatic nitrogens is 2. The first kappa shape index (κ1) is 11.2. The maximum atomic E-state index is 11.5. The van der Waals surface area contributed by atoms with Crippen molar-refractivity contribution in [1.82, 2.24) is 9.78 Å². The van der Waals surface area contributed by atoms with E-state index in [1.165, 1.54) is 12.3 Å². The molecule has 0 aliphatic carbocycles. The van der Waals surface area contributed by atoms with Crippen molar-refractivity contribution in [3.05, 3.63) is 18.0 Å². The van der Waals surface area contributed by atoms with Gasteiger partial charge in [0.1, 0.15) is 17.1 Å². The third-order valence-electron chi connectivity index (χ3n) is 1.45. The molecule has 1 rings (SSSR count). The fraction of sp³-hybridized carbons (Fsp3) is 0.444. The average molecular weight is 210 g/mol. The Hall–Kier alpha value is -1.85. The van der Waals surface area contributed by atoms with Gasteiger partial charge >= 0.3 is 6.09 Å². The predicted octanol–water partition coefficient (Wildman–Crippen LogP) is 0.950. The van der Waals surface area contributed by atoms with Crippen LogP contribution in [-0.4, -0.2) is 27.3 Å². The van der Waals surface area contributed by atoms with Gasteiger partial charge in [0.25, 0.3) is 0 Å². The molecule has 1 aromatic heterocycles. The van der Waals surface area contributed by atoms with Crippen molar-refractivity contribution in [2.45, 2.75) is 26.4 Å². The quantitative estimate of drug-likeness (QED) is 0.533. The fourth-order valence-corrected chi connectivity index (χ4v) is 0.878. The molecule has 0 aliphatic heterocycles. The van der Waals surface area contributed by atoms with Gasteiger partial charge < -0.3 is 10.5 Å². The number of rotatable bonds is 1. The highest BCUT2D eigenvalue weighted by Crippen LogP contribution is 2.08. The summed E-state index contributed by atoms with van der Waals surface area (Å²) >= 11 is 0. The average Bonchev–Trinajstić information content (AvgIpc) is 2.47. The minimum atomic E-state index is -0.588. The van der Waals surface area contributed by atoms with Gasteiger partial charge in [0.2, 0.25) is 0 Å². The molecule has 0 atom stereocenters. The number of nitrogens with one attached hydrogen (secondary N) is 1. The van der Waals surface area contributed by atoms with Gasteiger partial charge in [0, 0.05) is 6.20 Å². The second-order valence-electron chi connectivity index (χ2n) is 4.04. The summed E-state index contributed by atoms with van der Waals surface area (Å²) in [5.74, 6) is -0.183. The number of carbonyl (C=O) groups is 1. The Labute approximate surface area is 87.5 Å². The summed E-state index contributed by atoms with van der Waals surface area (Å²) in [7, 11) is 0. The highest BCUT2D eigenvalue weighted by Gasteiger charge is 2.18. The van der Waals surface area contributed by atoms with Crippen LogP contribution in [-0.2, 0) is 4.74 Å². The summed E-state index contributed by atoms with van der Waals surface area (Å²) in [6, 6.07) is 1.48. The van der Waals surface area contributed by atoms with Crippen LogP contribution in [0.2, 0.25) is 0 Å². The van der Waals surface area contributed by atoms with E-state index in [1.807, 2.05) is 0 Å². The third-order valence-corrected chi connectivity index (χ3v) is 1.45. The molecule has 82 valence electrons. The maximum absolute atomic E-state index is 11.5. The molecule has 0 amide bonds. The summed E-state index contributed by atoms with van der Waals surface area (Å²) in [5.41, 5.74) is 4.89. The molecule has 0 radical (unpaired) electrons. The van der Waals surface area contributed by atoms with E-state index in [4.69, 9.17) is 15.9 Å². The van der Waals surface area contributed by atoms with Crippen LogP contribution in [0.5, 0.6) is 0 Å². The number of nitrogens with zero attached hydrogens (tertiary/aromatic N) is 2. The van der Waals surface area contributed by atoms with E-state index in [0.29, 0.717) is 0 Å². The number of hydrogen-bond acceptors (Lipinski definition) is 4. The molecular formula is C9H14N4O2. The first-order valence-electron chi connectivity index (χ1n) is 4.43. The maximum Gasteiger partial charge on any atom is 0.435 e. The highest BCUT2D eigenvalue weighted by molar-refractivity contribution is 5.93. The van der Waals surface area contributed by atoms with Crippen LogP contribution in [0.4, 0.5) is 4.79 Å². The van der Waals surface area contributed by atoms with Crippen molar-refractivity contribution in [2.75, 3.05) is 0 Å². The topological polar surface area (TPSA) is 94.0 Å². The van der Waals surface area contributed by atoms with E-state index in [9.17, 15) is 4.79 Å².